The van der Waals surface area contributed by atoms with E-state index in [1.807, 2.05) is 0 Å². The van der Waals surface area contributed by atoms with E-state index < -0.39 is 5.91 Å². The fraction of sp³-hybridized carbons (Fsp3) is 0.148. The molecule has 4 aromatic heterocycles. The zero-order valence-corrected chi connectivity index (χ0v) is 21.0. The van der Waals surface area contributed by atoms with Crippen LogP contribution in [0.15, 0.2) is 60.9 Å². The van der Waals surface area contributed by atoms with E-state index in [2.05, 4.69) is 15.4 Å². The maximum atomic E-state index is 14.1. The molecule has 0 saturated carbocycles. The van der Waals surface area contributed by atoms with E-state index in [0.717, 1.165) is 0 Å². The molecule has 0 unspecified atom stereocenters. The number of hydrogen-bond acceptors (Lipinski definition) is 7. The van der Waals surface area contributed by atoms with Crippen molar-refractivity contribution < 1.29 is 23.4 Å². The molecule has 0 atom stereocenters. The van der Waals surface area contributed by atoms with Crippen LogP contribution in [-0.4, -0.2) is 39.7 Å². The summed E-state index contributed by atoms with van der Waals surface area (Å²) >= 11 is 0. The first-order chi connectivity index (χ1) is 18.3. The summed E-state index contributed by atoms with van der Waals surface area (Å²) in [6, 6.07) is 12.7. The Morgan fingerprint density at radius 2 is 1.87 bits per heavy atom. The van der Waals surface area contributed by atoms with Crippen molar-refractivity contribution in [2.75, 3.05) is 19.5 Å². The summed E-state index contributed by atoms with van der Waals surface area (Å²) in [5, 5.41) is 19.0. The summed E-state index contributed by atoms with van der Waals surface area (Å²) < 4.78 is 27.2. The Bertz CT molecular complexity index is 1700. The molecular formula is C27H23FN6O4. The van der Waals surface area contributed by atoms with E-state index in [0.29, 0.717) is 61.3 Å². The number of aromatic nitrogens is 5. The van der Waals surface area contributed by atoms with Gasteiger partial charge < -0.3 is 20.0 Å². The van der Waals surface area contributed by atoms with Crippen LogP contribution in [0.3, 0.4) is 0 Å². The normalized spacial score (nSPS) is 11.0. The standard InChI is InChI=1S/C27H23FN6O4/c1-15-11-17(5-6-20(15)28)24-25(34-26(31-24)21(37-3)14-23(32-34)38-4)18-7-9-29-22(13-18)30-27(35)19-8-10-33(36)16(2)12-19/h5-14H,1-4H3,(H,29,30,35). The number of aryl methyl sites for hydroxylation is 2. The third kappa shape index (κ3) is 4.45. The molecule has 1 aromatic carbocycles. The van der Waals surface area contributed by atoms with E-state index >= 15 is 0 Å². The number of hydrogen-bond donors (Lipinski definition) is 1. The highest BCUT2D eigenvalue weighted by molar-refractivity contribution is 6.04. The first-order valence-electron chi connectivity index (χ1n) is 11.5. The number of methoxy groups -OCH3 is 2. The number of pyridine rings is 2. The van der Waals surface area contributed by atoms with Gasteiger partial charge in [0.2, 0.25) is 5.88 Å². The maximum Gasteiger partial charge on any atom is 0.257 e. The highest BCUT2D eigenvalue weighted by Crippen LogP contribution is 2.37. The summed E-state index contributed by atoms with van der Waals surface area (Å²) in [6.45, 7) is 3.29. The number of fused-ring (bicyclic) bond motifs is 1. The van der Waals surface area contributed by atoms with Gasteiger partial charge in [0.1, 0.15) is 17.3 Å². The van der Waals surface area contributed by atoms with Gasteiger partial charge in [-0.1, -0.05) is 0 Å². The summed E-state index contributed by atoms with van der Waals surface area (Å²) in [5.41, 5.74) is 3.96. The largest absolute Gasteiger partial charge is 0.619 e. The molecule has 0 saturated heterocycles. The van der Waals surface area contributed by atoms with Gasteiger partial charge in [-0.05, 0) is 42.8 Å². The van der Waals surface area contributed by atoms with Crippen molar-refractivity contribution in [3.05, 3.63) is 88.8 Å². The van der Waals surface area contributed by atoms with Gasteiger partial charge in [-0.25, -0.2) is 18.9 Å². The van der Waals surface area contributed by atoms with Crippen molar-refractivity contribution in [3.63, 3.8) is 0 Å². The Kier molecular flexibility index (Phi) is 6.33. The van der Waals surface area contributed by atoms with Gasteiger partial charge in [-0.2, -0.15) is 4.73 Å². The van der Waals surface area contributed by atoms with Crippen LogP contribution in [0.2, 0.25) is 0 Å². The first-order valence-corrected chi connectivity index (χ1v) is 11.5. The number of halogens is 1. The lowest BCUT2D eigenvalue weighted by molar-refractivity contribution is -0.612. The third-order valence-electron chi connectivity index (χ3n) is 6.03. The van der Waals surface area contributed by atoms with Crippen molar-refractivity contribution in [1.29, 1.82) is 0 Å². The second-order valence-electron chi connectivity index (χ2n) is 8.53. The van der Waals surface area contributed by atoms with Gasteiger partial charge >= 0.3 is 0 Å². The number of nitrogens with one attached hydrogen (secondary N) is 1. The van der Waals surface area contributed by atoms with Crippen LogP contribution in [0.1, 0.15) is 21.6 Å². The lowest BCUT2D eigenvalue weighted by Crippen LogP contribution is -2.30. The zero-order valence-electron chi connectivity index (χ0n) is 21.0. The summed E-state index contributed by atoms with van der Waals surface area (Å²) in [7, 11) is 3.01. The van der Waals surface area contributed by atoms with E-state index in [-0.39, 0.29) is 11.6 Å². The first kappa shape index (κ1) is 24.6. The average Bonchev–Trinajstić information content (AvgIpc) is 3.30. The van der Waals surface area contributed by atoms with E-state index in [9.17, 15) is 14.4 Å². The van der Waals surface area contributed by atoms with Crippen LogP contribution in [0.4, 0.5) is 10.2 Å². The maximum absolute atomic E-state index is 14.1. The number of carbonyl (C=O) groups excluding carboxylic acids is 1. The van der Waals surface area contributed by atoms with E-state index in [1.54, 1.807) is 54.9 Å². The third-order valence-corrected chi connectivity index (χ3v) is 6.03. The monoisotopic (exact) mass is 514 g/mol. The minimum Gasteiger partial charge on any atom is -0.619 e. The lowest BCUT2D eigenvalue weighted by atomic mass is 10.0. The average molecular weight is 515 g/mol. The second kappa shape index (κ2) is 9.77. The number of carbonyl (C=O) groups is 1. The number of nitrogens with zero attached hydrogens (tertiary/aromatic N) is 5. The van der Waals surface area contributed by atoms with Crippen molar-refractivity contribution in [2.24, 2.45) is 0 Å². The number of benzene rings is 1. The van der Waals surface area contributed by atoms with Crippen LogP contribution in [-0.2, 0) is 0 Å². The van der Waals surface area contributed by atoms with Gasteiger partial charge in [0.25, 0.3) is 5.91 Å². The number of rotatable bonds is 6. The Hall–Kier alpha value is -5.06. The Morgan fingerprint density at radius 3 is 2.58 bits per heavy atom. The van der Waals surface area contributed by atoms with E-state index in [4.69, 9.17) is 14.5 Å². The predicted octanol–water partition coefficient (Wildman–Crippen LogP) is 4.12. The zero-order chi connectivity index (χ0) is 27.0. The molecule has 0 aliphatic heterocycles. The summed E-state index contributed by atoms with van der Waals surface area (Å²) in [5.74, 6) is 0.250. The van der Waals surface area contributed by atoms with Gasteiger partial charge in [0.15, 0.2) is 23.3 Å². The minimum atomic E-state index is -0.424. The molecule has 0 fully saturated rings. The fourth-order valence-electron chi connectivity index (χ4n) is 4.05. The number of amides is 1. The Morgan fingerprint density at radius 1 is 1.05 bits per heavy atom. The highest BCUT2D eigenvalue weighted by Gasteiger charge is 2.22. The van der Waals surface area contributed by atoms with Gasteiger partial charge in [0, 0.05) is 42.4 Å². The topological polar surface area (TPSA) is 118 Å². The van der Waals surface area contributed by atoms with Crippen LogP contribution in [0, 0.1) is 24.9 Å². The molecule has 0 aliphatic carbocycles. The quantitative estimate of drug-likeness (QED) is 0.268. The van der Waals surface area contributed by atoms with Crippen molar-refractivity contribution in [2.45, 2.75) is 13.8 Å². The molecule has 10 nitrogen and oxygen atoms in total. The SMILES string of the molecule is COc1cc(OC)c2nc(-c3ccc(F)c(C)c3)c(-c3ccnc(NC(=O)c4cc[n+]([O-])c(C)c4)c3)n2n1. The molecule has 0 bridgehead atoms. The number of ether oxygens (including phenoxy) is 2. The lowest BCUT2D eigenvalue weighted by Gasteiger charge is -2.10. The number of anilines is 1. The molecular weight excluding hydrogens is 491 g/mol. The summed E-state index contributed by atoms with van der Waals surface area (Å²) in [6.07, 6.45) is 2.82. The van der Waals surface area contributed by atoms with Gasteiger partial charge in [-0.3, -0.25) is 4.79 Å². The molecule has 0 radical (unpaired) electrons. The molecule has 4 heterocycles. The summed E-state index contributed by atoms with van der Waals surface area (Å²) in [4.78, 5) is 21.9. The molecule has 11 heteroatoms. The van der Waals surface area contributed by atoms with Crippen molar-refractivity contribution in [3.8, 4) is 34.1 Å². The molecule has 1 N–H and O–H groups in total. The highest BCUT2D eigenvalue weighted by atomic mass is 19.1. The van der Waals surface area contributed by atoms with Crippen LogP contribution in [0.5, 0.6) is 11.6 Å². The predicted molar refractivity (Wildman–Crippen MR) is 138 cm³/mol. The molecule has 0 spiro atoms. The second-order valence-corrected chi connectivity index (χ2v) is 8.53. The fourth-order valence-corrected chi connectivity index (χ4v) is 4.05. The van der Waals surface area contributed by atoms with Crippen LogP contribution < -0.4 is 19.5 Å². The van der Waals surface area contributed by atoms with Crippen LogP contribution >= 0.6 is 0 Å². The Balaban J connectivity index is 1.66. The molecule has 192 valence electrons. The molecule has 0 aliphatic rings. The number of imidazole rings is 1. The van der Waals surface area contributed by atoms with Gasteiger partial charge in [0.05, 0.1) is 25.5 Å². The van der Waals surface area contributed by atoms with Gasteiger partial charge in [-0.15, -0.1) is 5.10 Å². The molecule has 1 amide bonds. The molecule has 5 aromatic rings. The smallest absolute Gasteiger partial charge is 0.257 e. The van der Waals surface area contributed by atoms with E-state index in [1.165, 1.54) is 38.6 Å². The van der Waals surface area contributed by atoms with Crippen molar-refractivity contribution in [1.82, 2.24) is 19.6 Å². The molecule has 5 rings (SSSR count). The Labute approximate surface area is 216 Å². The van der Waals surface area contributed by atoms with Crippen molar-refractivity contribution >= 4 is 17.4 Å². The minimum absolute atomic E-state index is 0.273. The molecule has 38 heavy (non-hydrogen) atoms. The van der Waals surface area contributed by atoms with Crippen LogP contribution in [0.25, 0.3) is 28.2 Å².